The number of carbonyl (C=O) groups is 1. The Hall–Kier alpha value is -2.71. The average Bonchev–Trinajstić information content (AvgIpc) is 2.58. The van der Waals surface area contributed by atoms with Crippen molar-refractivity contribution in [1.82, 2.24) is 9.55 Å². The number of amides is 1. The van der Waals surface area contributed by atoms with Crippen molar-refractivity contribution < 1.29 is 13.2 Å². The van der Waals surface area contributed by atoms with Crippen LogP contribution in [0.5, 0.6) is 0 Å². The average molecular weight is 392 g/mol. The van der Waals surface area contributed by atoms with Crippen LogP contribution >= 0.6 is 11.6 Å². The van der Waals surface area contributed by atoms with Crippen molar-refractivity contribution >= 4 is 44.1 Å². The third-order valence-corrected chi connectivity index (χ3v) is 5.13. The van der Waals surface area contributed by atoms with Crippen molar-refractivity contribution in [2.75, 3.05) is 11.6 Å². The zero-order valence-electron chi connectivity index (χ0n) is 13.6. The zero-order valence-corrected chi connectivity index (χ0v) is 15.2. The molecule has 1 amide bonds. The van der Waals surface area contributed by atoms with Gasteiger partial charge in [-0.25, -0.2) is 13.4 Å². The molecule has 0 aliphatic carbocycles. The van der Waals surface area contributed by atoms with Crippen LogP contribution in [0.3, 0.4) is 0 Å². The maximum atomic E-state index is 12.4. The van der Waals surface area contributed by atoms with Gasteiger partial charge in [0.1, 0.15) is 6.54 Å². The van der Waals surface area contributed by atoms with Crippen molar-refractivity contribution in [2.45, 2.75) is 11.4 Å². The molecular formula is C17H14ClN3O4S. The van der Waals surface area contributed by atoms with Gasteiger partial charge in [0.25, 0.3) is 5.56 Å². The summed E-state index contributed by atoms with van der Waals surface area (Å²) < 4.78 is 24.6. The molecule has 0 saturated carbocycles. The second-order valence-electron chi connectivity index (χ2n) is 5.63. The van der Waals surface area contributed by atoms with Gasteiger partial charge in [-0.05, 0) is 30.3 Å². The number of nitrogens with zero attached hydrogens (tertiary/aromatic N) is 2. The molecule has 134 valence electrons. The van der Waals surface area contributed by atoms with E-state index in [1.165, 1.54) is 22.8 Å². The topological polar surface area (TPSA) is 98.1 Å². The Balaban J connectivity index is 1.91. The molecule has 0 saturated heterocycles. The van der Waals surface area contributed by atoms with Gasteiger partial charge in [0.2, 0.25) is 5.91 Å². The molecule has 3 rings (SSSR count). The van der Waals surface area contributed by atoms with Gasteiger partial charge in [-0.15, -0.1) is 0 Å². The molecule has 0 aliphatic heterocycles. The predicted molar refractivity (Wildman–Crippen MR) is 99.2 cm³/mol. The highest BCUT2D eigenvalue weighted by molar-refractivity contribution is 7.90. The Morgan fingerprint density at radius 1 is 1.23 bits per heavy atom. The number of sulfone groups is 1. The highest BCUT2D eigenvalue weighted by atomic mass is 35.5. The lowest BCUT2D eigenvalue weighted by Gasteiger charge is -2.11. The third kappa shape index (κ3) is 3.76. The van der Waals surface area contributed by atoms with E-state index >= 15 is 0 Å². The summed E-state index contributed by atoms with van der Waals surface area (Å²) in [7, 11) is -3.45. The van der Waals surface area contributed by atoms with Gasteiger partial charge < -0.3 is 5.32 Å². The fraction of sp³-hybridized carbons (Fsp3) is 0.118. The SMILES string of the molecule is CS(=O)(=O)c1ccc(Cl)c(NC(=O)Cn2c(=O)cnc3ccccc32)c1. The number of benzene rings is 2. The standard InChI is InChI=1S/C17H14ClN3O4S/c1-26(24,25)11-6-7-12(18)14(8-11)20-16(22)10-21-15-5-3-2-4-13(15)19-9-17(21)23/h2-9H,10H2,1H3,(H,20,22). The van der Waals surface area contributed by atoms with E-state index in [-0.39, 0.29) is 22.2 Å². The Labute approximate surface area is 154 Å². The van der Waals surface area contributed by atoms with Crippen LogP contribution in [0.4, 0.5) is 5.69 Å². The number of nitrogens with one attached hydrogen (secondary N) is 1. The van der Waals surface area contributed by atoms with Gasteiger partial charge in [-0.2, -0.15) is 0 Å². The summed E-state index contributed by atoms with van der Waals surface area (Å²) in [5, 5.41) is 2.74. The fourth-order valence-electron chi connectivity index (χ4n) is 2.44. The summed E-state index contributed by atoms with van der Waals surface area (Å²) >= 11 is 6.03. The molecule has 0 aliphatic rings. The number of rotatable bonds is 4. The molecule has 0 spiro atoms. The molecular weight excluding hydrogens is 378 g/mol. The van der Waals surface area contributed by atoms with Crippen molar-refractivity contribution in [3.63, 3.8) is 0 Å². The molecule has 1 heterocycles. The molecule has 1 aromatic heterocycles. The molecule has 26 heavy (non-hydrogen) atoms. The van der Waals surface area contributed by atoms with E-state index in [4.69, 9.17) is 11.6 Å². The third-order valence-electron chi connectivity index (χ3n) is 3.69. The smallest absolute Gasteiger partial charge is 0.269 e. The maximum Gasteiger partial charge on any atom is 0.269 e. The lowest BCUT2D eigenvalue weighted by molar-refractivity contribution is -0.116. The van der Waals surface area contributed by atoms with Gasteiger partial charge in [-0.1, -0.05) is 23.7 Å². The predicted octanol–water partition coefficient (Wildman–Crippen LogP) is 2.09. The quantitative estimate of drug-likeness (QED) is 0.734. The number of hydrogen-bond acceptors (Lipinski definition) is 5. The lowest BCUT2D eigenvalue weighted by Crippen LogP contribution is -2.28. The summed E-state index contributed by atoms with van der Waals surface area (Å²) in [6, 6.07) is 11.0. The van der Waals surface area contributed by atoms with Gasteiger partial charge in [0.15, 0.2) is 9.84 Å². The fourth-order valence-corrected chi connectivity index (χ4v) is 3.25. The van der Waals surface area contributed by atoms with Crippen LogP contribution in [-0.2, 0) is 21.2 Å². The molecule has 7 nitrogen and oxygen atoms in total. The molecule has 0 fully saturated rings. The van der Waals surface area contributed by atoms with Crippen molar-refractivity contribution in [1.29, 1.82) is 0 Å². The molecule has 0 radical (unpaired) electrons. The van der Waals surface area contributed by atoms with E-state index in [9.17, 15) is 18.0 Å². The van der Waals surface area contributed by atoms with E-state index in [0.717, 1.165) is 12.5 Å². The summed E-state index contributed by atoms with van der Waals surface area (Å²) in [5.74, 6) is -0.518. The minimum Gasteiger partial charge on any atom is -0.323 e. The van der Waals surface area contributed by atoms with Crippen molar-refractivity contribution in [2.24, 2.45) is 0 Å². The number of carbonyl (C=O) groups excluding carboxylic acids is 1. The van der Waals surface area contributed by atoms with Gasteiger partial charge >= 0.3 is 0 Å². The second-order valence-corrected chi connectivity index (χ2v) is 8.06. The van der Waals surface area contributed by atoms with Crippen LogP contribution in [0.1, 0.15) is 0 Å². The summed E-state index contributed by atoms with van der Waals surface area (Å²) in [5.41, 5.74) is 0.837. The zero-order chi connectivity index (χ0) is 18.9. The Kier molecular flexibility index (Phi) is 4.80. The largest absolute Gasteiger partial charge is 0.323 e. The normalized spacial score (nSPS) is 11.5. The molecule has 9 heteroatoms. The van der Waals surface area contributed by atoms with Crippen LogP contribution in [0.2, 0.25) is 5.02 Å². The summed E-state index contributed by atoms with van der Waals surface area (Å²) in [6.07, 6.45) is 2.21. The van der Waals surface area contributed by atoms with Crippen molar-refractivity contribution in [3.8, 4) is 0 Å². The second kappa shape index (κ2) is 6.89. The number of fused-ring (bicyclic) bond motifs is 1. The van der Waals surface area contributed by atoms with Gasteiger partial charge in [0.05, 0.1) is 32.8 Å². The van der Waals surface area contributed by atoms with E-state index in [1.54, 1.807) is 24.3 Å². The molecule has 0 unspecified atom stereocenters. The number of anilines is 1. The van der Waals surface area contributed by atoms with Gasteiger partial charge in [-0.3, -0.25) is 14.2 Å². The summed E-state index contributed by atoms with van der Waals surface area (Å²) in [6.45, 7) is -0.263. The lowest BCUT2D eigenvalue weighted by atomic mass is 10.3. The first-order chi connectivity index (χ1) is 12.3. The monoisotopic (exact) mass is 391 g/mol. The van der Waals surface area contributed by atoms with Crippen LogP contribution in [0, 0.1) is 0 Å². The number of halogens is 1. The number of hydrogen-bond donors (Lipinski definition) is 1. The van der Waals surface area contributed by atoms with Gasteiger partial charge in [0, 0.05) is 6.26 Å². The highest BCUT2D eigenvalue weighted by Gasteiger charge is 2.14. The molecule has 2 aromatic carbocycles. The maximum absolute atomic E-state index is 12.4. The number of aromatic nitrogens is 2. The Morgan fingerprint density at radius 3 is 2.69 bits per heavy atom. The highest BCUT2D eigenvalue weighted by Crippen LogP contribution is 2.25. The Morgan fingerprint density at radius 2 is 1.96 bits per heavy atom. The van der Waals surface area contributed by atoms with Crippen LogP contribution in [0.15, 0.2) is 58.4 Å². The first kappa shape index (κ1) is 18.1. The Bertz CT molecular complexity index is 1170. The minimum absolute atomic E-state index is 0.0312. The van der Waals surface area contributed by atoms with E-state index in [0.29, 0.717) is 11.0 Å². The van der Waals surface area contributed by atoms with Crippen LogP contribution in [0.25, 0.3) is 11.0 Å². The first-order valence-corrected chi connectivity index (χ1v) is 9.77. The molecule has 0 bridgehead atoms. The molecule has 0 atom stereocenters. The van der Waals surface area contributed by atoms with Crippen molar-refractivity contribution in [3.05, 3.63) is 64.0 Å². The molecule has 3 aromatic rings. The summed E-state index contributed by atoms with van der Waals surface area (Å²) in [4.78, 5) is 28.5. The number of para-hydroxylation sites is 2. The van der Waals surface area contributed by atoms with Crippen LogP contribution < -0.4 is 10.9 Å². The molecule has 1 N–H and O–H groups in total. The van der Waals surface area contributed by atoms with E-state index in [1.807, 2.05) is 0 Å². The first-order valence-electron chi connectivity index (χ1n) is 7.50. The minimum atomic E-state index is -3.45. The van der Waals surface area contributed by atoms with Crippen LogP contribution in [-0.4, -0.2) is 30.1 Å². The van der Waals surface area contributed by atoms with E-state index < -0.39 is 21.3 Å². The van der Waals surface area contributed by atoms with E-state index in [2.05, 4.69) is 10.3 Å².